The first-order valence-corrected chi connectivity index (χ1v) is 6.70. The highest BCUT2D eigenvalue weighted by atomic mass is 16.5. The summed E-state index contributed by atoms with van der Waals surface area (Å²) in [6.07, 6.45) is 4.59. The summed E-state index contributed by atoms with van der Waals surface area (Å²) in [5, 5.41) is 8.69. The summed E-state index contributed by atoms with van der Waals surface area (Å²) in [5.74, 6) is 0.674. The van der Waals surface area contributed by atoms with Crippen molar-refractivity contribution in [1.82, 2.24) is 4.90 Å². The molecule has 1 aromatic carbocycles. The Labute approximate surface area is 113 Å². The number of nitriles is 1. The Morgan fingerprint density at radius 3 is 2.37 bits per heavy atom. The van der Waals surface area contributed by atoms with E-state index in [0.29, 0.717) is 11.3 Å². The molecule has 1 saturated heterocycles. The van der Waals surface area contributed by atoms with E-state index in [1.165, 1.54) is 12.8 Å². The quantitative estimate of drug-likeness (QED) is 0.836. The Balaban J connectivity index is 1.83. The Bertz CT molecular complexity index is 454. The number of rotatable bonds is 3. The summed E-state index contributed by atoms with van der Waals surface area (Å²) in [5.41, 5.74) is 0.589. The molecule has 0 saturated carbocycles. The van der Waals surface area contributed by atoms with Gasteiger partial charge in [0.1, 0.15) is 5.75 Å². The zero-order chi connectivity index (χ0) is 13.5. The molecule has 0 spiro atoms. The van der Waals surface area contributed by atoms with Crippen LogP contribution in [0.4, 0.5) is 0 Å². The lowest BCUT2D eigenvalue weighted by atomic mass is 10.2. The van der Waals surface area contributed by atoms with Crippen LogP contribution in [0.15, 0.2) is 24.3 Å². The second-order valence-corrected chi connectivity index (χ2v) is 4.72. The Morgan fingerprint density at radius 1 is 1.16 bits per heavy atom. The minimum absolute atomic E-state index is 0.0475. The first-order valence-electron chi connectivity index (χ1n) is 6.70. The molecule has 1 aliphatic rings. The summed E-state index contributed by atoms with van der Waals surface area (Å²) < 4.78 is 5.46. The highest BCUT2D eigenvalue weighted by Gasteiger charge is 2.15. The molecule has 19 heavy (non-hydrogen) atoms. The third-order valence-electron chi connectivity index (χ3n) is 3.30. The van der Waals surface area contributed by atoms with Crippen LogP contribution in [0.5, 0.6) is 5.75 Å². The largest absolute Gasteiger partial charge is 0.484 e. The molecular formula is C15H18N2O2. The Morgan fingerprint density at radius 2 is 1.79 bits per heavy atom. The van der Waals surface area contributed by atoms with Crippen molar-refractivity contribution < 1.29 is 9.53 Å². The van der Waals surface area contributed by atoms with Gasteiger partial charge < -0.3 is 9.64 Å². The van der Waals surface area contributed by atoms with Crippen LogP contribution < -0.4 is 4.74 Å². The van der Waals surface area contributed by atoms with Gasteiger partial charge in [0, 0.05) is 13.1 Å². The maximum atomic E-state index is 12.0. The van der Waals surface area contributed by atoms with E-state index in [-0.39, 0.29) is 12.5 Å². The Kier molecular flexibility index (Phi) is 4.79. The van der Waals surface area contributed by atoms with E-state index in [9.17, 15) is 4.79 Å². The molecular weight excluding hydrogens is 240 g/mol. The molecule has 0 aliphatic carbocycles. The number of benzene rings is 1. The molecule has 1 heterocycles. The van der Waals surface area contributed by atoms with Crippen LogP contribution in [0, 0.1) is 11.3 Å². The van der Waals surface area contributed by atoms with Crippen molar-refractivity contribution >= 4 is 5.91 Å². The molecule has 4 nitrogen and oxygen atoms in total. The zero-order valence-electron chi connectivity index (χ0n) is 11.0. The first-order chi connectivity index (χ1) is 9.29. The molecule has 0 radical (unpaired) electrons. The Hall–Kier alpha value is -2.02. The normalized spacial score (nSPS) is 15.4. The predicted octanol–water partition coefficient (Wildman–Crippen LogP) is 2.34. The van der Waals surface area contributed by atoms with Crippen LogP contribution in [0.2, 0.25) is 0 Å². The summed E-state index contributed by atoms with van der Waals surface area (Å²) in [4.78, 5) is 13.9. The lowest BCUT2D eigenvalue weighted by Gasteiger charge is -2.20. The number of hydrogen-bond donors (Lipinski definition) is 0. The lowest BCUT2D eigenvalue weighted by Crippen LogP contribution is -2.35. The minimum atomic E-state index is 0.0475. The zero-order valence-corrected chi connectivity index (χ0v) is 11.0. The molecule has 4 heteroatoms. The highest BCUT2D eigenvalue weighted by molar-refractivity contribution is 5.77. The van der Waals surface area contributed by atoms with Gasteiger partial charge in [-0.25, -0.2) is 0 Å². The maximum absolute atomic E-state index is 12.0. The molecule has 0 aromatic heterocycles. The predicted molar refractivity (Wildman–Crippen MR) is 71.7 cm³/mol. The summed E-state index contributed by atoms with van der Waals surface area (Å²) >= 11 is 0. The van der Waals surface area contributed by atoms with E-state index in [4.69, 9.17) is 10.00 Å². The minimum Gasteiger partial charge on any atom is -0.484 e. The fourth-order valence-corrected chi connectivity index (χ4v) is 2.18. The first kappa shape index (κ1) is 13.4. The van der Waals surface area contributed by atoms with Crippen LogP contribution in [-0.2, 0) is 4.79 Å². The molecule has 0 N–H and O–H groups in total. The van der Waals surface area contributed by atoms with Gasteiger partial charge in [-0.05, 0) is 37.1 Å². The van der Waals surface area contributed by atoms with Gasteiger partial charge in [0.05, 0.1) is 11.6 Å². The van der Waals surface area contributed by atoms with Crippen LogP contribution >= 0.6 is 0 Å². The van der Waals surface area contributed by atoms with Crippen molar-refractivity contribution in [3.63, 3.8) is 0 Å². The van der Waals surface area contributed by atoms with E-state index >= 15 is 0 Å². The smallest absolute Gasteiger partial charge is 0.260 e. The van der Waals surface area contributed by atoms with E-state index < -0.39 is 0 Å². The van der Waals surface area contributed by atoms with Gasteiger partial charge in [0.15, 0.2) is 6.61 Å². The molecule has 0 unspecified atom stereocenters. The fraction of sp³-hybridized carbons (Fsp3) is 0.467. The summed E-state index contributed by atoms with van der Waals surface area (Å²) in [6, 6.07) is 8.85. The average molecular weight is 258 g/mol. The van der Waals surface area contributed by atoms with Crippen molar-refractivity contribution in [3.05, 3.63) is 29.8 Å². The van der Waals surface area contributed by atoms with Crippen molar-refractivity contribution in [1.29, 1.82) is 5.26 Å². The second kappa shape index (κ2) is 6.79. The van der Waals surface area contributed by atoms with Crippen LogP contribution in [-0.4, -0.2) is 30.5 Å². The van der Waals surface area contributed by atoms with E-state index in [2.05, 4.69) is 0 Å². The third kappa shape index (κ3) is 3.99. The molecule has 100 valence electrons. The van der Waals surface area contributed by atoms with Crippen molar-refractivity contribution in [3.8, 4) is 11.8 Å². The van der Waals surface area contributed by atoms with Crippen LogP contribution in [0.25, 0.3) is 0 Å². The van der Waals surface area contributed by atoms with Crippen LogP contribution in [0.1, 0.15) is 31.2 Å². The molecule has 1 aromatic rings. The second-order valence-electron chi connectivity index (χ2n) is 4.72. The number of nitrogens with zero attached hydrogens (tertiary/aromatic N) is 2. The van der Waals surface area contributed by atoms with Gasteiger partial charge in [-0.15, -0.1) is 0 Å². The topological polar surface area (TPSA) is 53.3 Å². The van der Waals surface area contributed by atoms with Gasteiger partial charge in [0.25, 0.3) is 5.91 Å². The van der Waals surface area contributed by atoms with Gasteiger partial charge in [-0.1, -0.05) is 12.8 Å². The summed E-state index contributed by atoms with van der Waals surface area (Å²) in [7, 11) is 0. The highest BCUT2D eigenvalue weighted by Crippen LogP contribution is 2.13. The van der Waals surface area contributed by atoms with Crippen molar-refractivity contribution in [2.75, 3.05) is 19.7 Å². The number of likely N-dealkylation sites (tertiary alicyclic amines) is 1. The third-order valence-corrected chi connectivity index (χ3v) is 3.30. The molecule has 2 rings (SSSR count). The van der Waals surface area contributed by atoms with Gasteiger partial charge in [0.2, 0.25) is 0 Å². The number of hydrogen-bond acceptors (Lipinski definition) is 3. The lowest BCUT2D eigenvalue weighted by molar-refractivity contribution is -0.133. The number of amides is 1. The molecule has 1 aliphatic heterocycles. The van der Waals surface area contributed by atoms with E-state index in [0.717, 1.165) is 25.9 Å². The monoisotopic (exact) mass is 258 g/mol. The van der Waals surface area contributed by atoms with E-state index in [1.807, 2.05) is 11.0 Å². The number of ether oxygens (including phenoxy) is 1. The number of carbonyl (C=O) groups excluding carboxylic acids is 1. The van der Waals surface area contributed by atoms with Gasteiger partial charge in [-0.3, -0.25) is 4.79 Å². The van der Waals surface area contributed by atoms with Gasteiger partial charge in [-0.2, -0.15) is 5.26 Å². The molecule has 1 fully saturated rings. The molecule has 0 atom stereocenters. The van der Waals surface area contributed by atoms with E-state index in [1.54, 1.807) is 24.3 Å². The van der Waals surface area contributed by atoms with Crippen LogP contribution in [0.3, 0.4) is 0 Å². The molecule has 0 bridgehead atoms. The SMILES string of the molecule is N#Cc1ccc(OCC(=O)N2CCCCCC2)cc1. The standard InChI is InChI=1S/C15H18N2O2/c16-11-13-5-7-14(8-6-13)19-12-15(18)17-9-3-1-2-4-10-17/h5-8H,1-4,9-10,12H2. The number of carbonyl (C=O) groups is 1. The maximum Gasteiger partial charge on any atom is 0.260 e. The molecule has 1 amide bonds. The summed E-state index contributed by atoms with van der Waals surface area (Å²) in [6.45, 7) is 1.76. The average Bonchev–Trinajstić information content (AvgIpc) is 2.74. The fourth-order valence-electron chi connectivity index (χ4n) is 2.18. The van der Waals surface area contributed by atoms with Crippen molar-refractivity contribution in [2.45, 2.75) is 25.7 Å². The van der Waals surface area contributed by atoms with Gasteiger partial charge >= 0.3 is 0 Å². The van der Waals surface area contributed by atoms with Crippen molar-refractivity contribution in [2.24, 2.45) is 0 Å².